The molecule has 6 heteroatoms. The van der Waals surface area contributed by atoms with E-state index in [1.54, 1.807) is 31.2 Å². The van der Waals surface area contributed by atoms with Crippen LogP contribution in [0.4, 0.5) is 21.0 Å². The molecular formula is C20H23N3O3. The molecule has 0 unspecified atom stereocenters. The maximum absolute atomic E-state index is 12.2. The Kier molecular flexibility index (Phi) is 5.41. The maximum Gasteiger partial charge on any atom is 0.411 e. The largest absolute Gasteiger partial charge is 0.450 e. The number of rotatable bonds is 6. The number of nitrogens with one attached hydrogen (secondary N) is 3. The van der Waals surface area contributed by atoms with Crippen molar-refractivity contribution in [2.75, 3.05) is 23.8 Å². The van der Waals surface area contributed by atoms with Crippen molar-refractivity contribution in [1.29, 1.82) is 0 Å². The lowest BCUT2D eigenvalue weighted by molar-refractivity contribution is 0.168. The van der Waals surface area contributed by atoms with Crippen LogP contribution in [0.1, 0.15) is 25.3 Å². The van der Waals surface area contributed by atoms with E-state index in [-0.39, 0.29) is 11.4 Å². The highest BCUT2D eigenvalue weighted by Crippen LogP contribution is 2.47. The second kappa shape index (κ2) is 7.91. The van der Waals surface area contributed by atoms with Crippen molar-refractivity contribution in [3.63, 3.8) is 0 Å². The zero-order valence-electron chi connectivity index (χ0n) is 14.7. The molecule has 1 aliphatic rings. The Bertz CT molecular complexity index is 756. The van der Waals surface area contributed by atoms with Gasteiger partial charge in [-0.2, -0.15) is 0 Å². The van der Waals surface area contributed by atoms with Gasteiger partial charge in [-0.15, -0.1) is 0 Å². The van der Waals surface area contributed by atoms with Crippen molar-refractivity contribution in [3.05, 3.63) is 60.2 Å². The minimum atomic E-state index is -0.499. The van der Waals surface area contributed by atoms with E-state index in [4.69, 9.17) is 4.74 Å². The first kappa shape index (κ1) is 17.8. The van der Waals surface area contributed by atoms with Crippen molar-refractivity contribution in [2.45, 2.75) is 25.2 Å². The molecule has 0 aromatic heterocycles. The summed E-state index contributed by atoms with van der Waals surface area (Å²) in [6, 6.07) is 16.9. The lowest BCUT2D eigenvalue weighted by Gasteiger charge is -2.17. The fraction of sp³-hybridized carbons (Fsp3) is 0.300. The lowest BCUT2D eigenvalue weighted by Crippen LogP contribution is -2.35. The van der Waals surface area contributed by atoms with Gasteiger partial charge in [0.2, 0.25) is 0 Å². The molecule has 1 saturated carbocycles. The number of benzene rings is 2. The predicted molar refractivity (Wildman–Crippen MR) is 101 cm³/mol. The van der Waals surface area contributed by atoms with Crippen LogP contribution in [-0.2, 0) is 10.2 Å². The zero-order valence-corrected chi connectivity index (χ0v) is 14.7. The number of hydrogen-bond acceptors (Lipinski definition) is 3. The predicted octanol–water partition coefficient (Wildman–Crippen LogP) is 4.11. The van der Waals surface area contributed by atoms with Crippen LogP contribution in [0.3, 0.4) is 0 Å². The molecule has 2 aromatic rings. The van der Waals surface area contributed by atoms with Gasteiger partial charge in [0.05, 0.1) is 6.61 Å². The lowest BCUT2D eigenvalue weighted by atomic mass is 9.96. The number of ether oxygens (including phenoxy) is 1. The van der Waals surface area contributed by atoms with Gasteiger partial charge in [0.15, 0.2) is 0 Å². The van der Waals surface area contributed by atoms with E-state index in [2.05, 4.69) is 28.1 Å². The summed E-state index contributed by atoms with van der Waals surface area (Å²) in [6.45, 7) is 2.68. The van der Waals surface area contributed by atoms with Gasteiger partial charge in [-0.1, -0.05) is 30.3 Å². The quantitative estimate of drug-likeness (QED) is 0.731. The van der Waals surface area contributed by atoms with Crippen molar-refractivity contribution in [1.82, 2.24) is 5.32 Å². The molecule has 3 rings (SSSR count). The Hall–Kier alpha value is -3.02. The Morgan fingerprint density at radius 1 is 0.962 bits per heavy atom. The highest BCUT2D eigenvalue weighted by molar-refractivity contribution is 5.90. The van der Waals surface area contributed by atoms with Crippen LogP contribution in [0.5, 0.6) is 0 Å². The van der Waals surface area contributed by atoms with Gasteiger partial charge in [-0.3, -0.25) is 5.32 Å². The molecule has 136 valence electrons. The van der Waals surface area contributed by atoms with E-state index < -0.39 is 6.09 Å². The number of urea groups is 1. The van der Waals surface area contributed by atoms with Crippen LogP contribution in [0.25, 0.3) is 0 Å². The maximum atomic E-state index is 12.2. The highest BCUT2D eigenvalue weighted by Gasteiger charge is 2.44. The van der Waals surface area contributed by atoms with E-state index in [1.165, 1.54) is 5.56 Å². The summed E-state index contributed by atoms with van der Waals surface area (Å²) in [7, 11) is 0. The number of anilines is 2. The van der Waals surface area contributed by atoms with Crippen molar-refractivity contribution >= 4 is 23.5 Å². The molecule has 0 bridgehead atoms. The molecule has 0 atom stereocenters. The third-order valence-electron chi connectivity index (χ3n) is 4.49. The summed E-state index contributed by atoms with van der Waals surface area (Å²) >= 11 is 0. The summed E-state index contributed by atoms with van der Waals surface area (Å²) in [5, 5.41) is 8.37. The summed E-state index contributed by atoms with van der Waals surface area (Å²) in [6.07, 6.45) is 1.68. The topological polar surface area (TPSA) is 79.5 Å². The first-order valence-corrected chi connectivity index (χ1v) is 8.75. The minimum Gasteiger partial charge on any atom is -0.450 e. The third kappa shape index (κ3) is 4.53. The molecule has 26 heavy (non-hydrogen) atoms. The highest BCUT2D eigenvalue weighted by atomic mass is 16.5. The molecule has 1 fully saturated rings. The molecular weight excluding hydrogens is 330 g/mol. The number of amides is 3. The first-order valence-electron chi connectivity index (χ1n) is 8.75. The smallest absolute Gasteiger partial charge is 0.411 e. The van der Waals surface area contributed by atoms with Crippen LogP contribution in [0.15, 0.2) is 54.6 Å². The van der Waals surface area contributed by atoms with Crippen molar-refractivity contribution in [3.8, 4) is 0 Å². The summed E-state index contributed by atoms with van der Waals surface area (Å²) in [5.74, 6) is 0. The minimum absolute atomic E-state index is 0.0754. The second-order valence-electron chi connectivity index (χ2n) is 6.38. The van der Waals surface area contributed by atoms with E-state index in [9.17, 15) is 9.59 Å². The van der Waals surface area contributed by atoms with Gasteiger partial charge in [-0.05, 0) is 49.6 Å². The average Bonchev–Trinajstić information content (AvgIpc) is 3.44. The van der Waals surface area contributed by atoms with Gasteiger partial charge in [0.1, 0.15) is 0 Å². The average molecular weight is 353 g/mol. The summed E-state index contributed by atoms with van der Waals surface area (Å²) in [5.41, 5.74) is 2.61. The van der Waals surface area contributed by atoms with E-state index in [0.29, 0.717) is 24.5 Å². The standard InChI is InChI=1S/C20H23N3O3/c1-2-26-19(25)23-17-10-8-16(9-11-17)22-18(24)21-14-20(12-13-20)15-6-4-3-5-7-15/h3-11H,2,12-14H2,1H3,(H,23,25)(H2,21,22,24). The fourth-order valence-electron chi connectivity index (χ4n) is 2.86. The SMILES string of the molecule is CCOC(=O)Nc1ccc(NC(=O)NCC2(c3ccccc3)CC2)cc1. The molecule has 2 aromatic carbocycles. The van der Waals surface area contributed by atoms with Crippen molar-refractivity contribution in [2.24, 2.45) is 0 Å². The van der Waals surface area contributed by atoms with Gasteiger partial charge < -0.3 is 15.4 Å². The molecule has 0 radical (unpaired) electrons. The second-order valence-corrected chi connectivity index (χ2v) is 6.38. The van der Waals surface area contributed by atoms with Gasteiger partial charge in [0.25, 0.3) is 0 Å². The summed E-state index contributed by atoms with van der Waals surface area (Å²) in [4.78, 5) is 23.5. The number of carbonyl (C=O) groups is 2. The van der Waals surface area contributed by atoms with Gasteiger partial charge in [0, 0.05) is 23.3 Å². The van der Waals surface area contributed by atoms with Gasteiger partial charge in [-0.25, -0.2) is 9.59 Å². The van der Waals surface area contributed by atoms with Crippen LogP contribution >= 0.6 is 0 Å². The van der Waals surface area contributed by atoms with E-state index in [1.807, 2.05) is 18.2 Å². The summed E-state index contributed by atoms with van der Waals surface area (Å²) < 4.78 is 4.82. The molecule has 6 nitrogen and oxygen atoms in total. The third-order valence-corrected chi connectivity index (χ3v) is 4.49. The Morgan fingerprint density at radius 3 is 2.15 bits per heavy atom. The molecule has 0 saturated heterocycles. The van der Waals surface area contributed by atoms with Crippen LogP contribution < -0.4 is 16.0 Å². The number of hydrogen-bond donors (Lipinski definition) is 3. The van der Waals surface area contributed by atoms with Gasteiger partial charge >= 0.3 is 12.1 Å². The molecule has 0 aliphatic heterocycles. The molecule has 0 spiro atoms. The first-order chi connectivity index (χ1) is 12.6. The molecule has 3 amide bonds. The van der Waals surface area contributed by atoms with Crippen LogP contribution in [-0.4, -0.2) is 25.3 Å². The zero-order chi connectivity index (χ0) is 18.4. The number of carbonyl (C=O) groups excluding carboxylic acids is 2. The van der Waals surface area contributed by atoms with E-state index in [0.717, 1.165) is 12.8 Å². The van der Waals surface area contributed by atoms with Crippen LogP contribution in [0, 0.1) is 0 Å². The Morgan fingerprint density at radius 2 is 1.58 bits per heavy atom. The van der Waals surface area contributed by atoms with Crippen molar-refractivity contribution < 1.29 is 14.3 Å². The Labute approximate surface area is 152 Å². The Balaban J connectivity index is 1.49. The monoisotopic (exact) mass is 353 g/mol. The van der Waals surface area contributed by atoms with Crippen LogP contribution in [0.2, 0.25) is 0 Å². The molecule has 3 N–H and O–H groups in total. The fourth-order valence-corrected chi connectivity index (χ4v) is 2.86. The molecule has 0 heterocycles. The molecule has 1 aliphatic carbocycles. The normalized spacial score (nSPS) is 14.2. The van der Waals surface area contributed by atoms with E-state index >= 15 is 0 Å².